The minimum absolute atomic E-state index is 0.0158. The molecule has 0 saturated carbocycles. The molecule has 8 heteroatoms. The number of halogens is 1. The van der Waals surface area contributed by atoms with Crippen LogP contribution in [0.4, 0.5) is 4.79 Å². The van der Waals surface area contributed by atoms with Crippen LogP contribution < -0.4 is 10.6 Å². The molecule has 1 aliphatic heterocycles. The number of urea groups is 1. The molecule has 0 bridgehead atoms. The van der Waals surface area contributed by atoms with E-state index < -0.39 is 0 Å². The van der Waals surface area contributed by atoms with E-state index in [4.69, 9.17) is 16.1 Å². The van der Waals surface area contributed by atoms with Crippen molar-refractivity contribution in [3.63, 3.8) is 0 Å². The molecular weight excluding hydrogens is 342 g/mol. The number of nitrogens with one attached hydrogen (secondary N) is 2. The summed E-state index contributed by atoms with van der Waals surface area (Å²) < 4.78 is 5.46. The molecule has 3 rings (SSSR count). The van der Waals surface area contributed by atoms with E-state index >= 15 is 0 Å². The second kappa shape index (κ2) is 7.41. The summed E-state index contributed by atoms with van der Waals surface area (Å²) in [5.74, 6) is 1.09. The Morgan fingerprint density at radius 1 is 1.36 bits per heavy atom. The Balaban J connectivity index is 1.66. The average Bonchev–Trinajstić information content (AvgIpc) is 3.14. The van der Waals surface area contributed by atoms with Gasteiger partial charge in [0.25, 0.3) is 0 Å². The summed E-state index contributed by atoms with van der Waals surface area (Å²) in [7, 11) is 1.98. The average molecular weight is 364 g/mol. The number of hydrogen-bond donors (Lipinski definition) is 2. The van der Waals surface area contributed by atoms with E-state index in [2.05, 4.69) is 25.7 Å². The lowest BCUT2D eigenvalue weighted by Gasteiger charge is -2.15. The summed E-state index contributed by atoms with van der Waals surface area (Å²) >= 11 is 5.91. The molecule has 7 nitrogen and oxygen atoms in total. The first-order chi connectivity index (χ1) is 11.9. The number of benzene rings is 1. The Bertz CT molecular complexity index is 731. The molecule has 0 spiro atoms. The number of nitrogens with zero attached hydrogens (tertiary/aromatic N) is 3. The van der Waals surface area contributed by atoms with Crippen LogP contribution in [0.1, 0.15) is 32.2 Å². The molecule has 1 aliphatic rings. The SMILES string of the molecule is CC(C)NC(=O)N[C@H]1C[C@@H](c2nc(-c3ccc(Cl)cc3)no2)N(C)C1. The maximum Gasteiger partial charge on any atom is 0.315 e. The first-order valence-electron chi connectivity index (χ1n) is 8.29. The molecule has 134 valence electrons. The molecule has 0 radical (unpaired) electrons. The van der Waals surface area contributed by atoms with Crippen molar-refractivity contribution >= 4 is 17.6 Å². The number of likely N-dealkylation sites (N-methyl/N-ethyl adjacent to an activating group) is 1. The van der Waals surface area contributed by atoms with Gasteiger partial charge in [0.15, 0.2) is 0 Å². The molecule has 1 aromatic carbocycles. The fourth-order valence-electron chi connectivity index (χ4n) is 2.97. The van der Waals surface area contributed by atoms with E-state index in [-0.39, 0.29) is 24.2 Å². The maximum absolute atomic E-state index is 11.9. The second-order valence-corrected chi connectivity index (χ2v) is 7.06. The van der Waals surface area contributed by atoms with Crippen LogP contribution in [0.2, 0.25) is 5.02 Å². The van der Waals surface area contributed by atoms with Gasteiger partial charge in [-0.15, -0.1) is 0 Å². The van der Waals surface area contributed by atoms with Crippen molar-refractivity contribution < 1.29 is 9.32 Å². The van der Waals surface area contributed by atoms with Gasteiger partial charge in [-0.1, -0.05) is 16.8 Å². The molecule has 2 amide bonds. The van der Waals surface area contributed by atoms with Crippen molar-refractivity contribution in [2.24, 2.45) is 0 Å². The monoisotopic (exact) mass is 363 g/mol. The summed E-state index contributed by atoms with van der Waals surface area (Å²) in [4.78, 5) is 18.5. The first kappa shape index (κ1) is 17.7. The first-order valence-corrected chi connectivity index (χ1v) is 8.67. The molecule has 2 heterocycles. The molecule has 1 saturated heterocycles. The highest BCUT2D eigenvalue weighted by Crippen LogP contribution is 2.31. The number of carbonyl (C=O) groups excluding carboxylic acids is 1. The zero-order valence-corrected chi connectivity index (χ0v) is 15.2. The third-order valence-corrected chi connectivity index (χ3v) is 4.38. The highest BCUT2D eigenvalue weighted by Gasteiger charge is 2.35. The molecule has 2 aromatic rings. The third-order valence-electron chi connectivity index (χ3n) is 4.13. The zero-order chi connectivity index (χ0) is 18.0. The standard InChI is InChI=1S/C17H22ClN5O2/c1-10(2)19-17(24)20-13-8-14(23(3)9-13)16-21-15(22-25-16)11-4-6-12(18)7-5-11/h4-7,10,13-14H,8-9H2,1-3H3,(H2,19,20,24)/t13-,14-/m0/s1. The van der Waals surface area contributed by atoms with Crippen molar-refractivity contribution in [1.29, 1.82) is 0 Å². The van der Waals surface area contributed by atoms with Crippen LogP contribution in [0.3, 0.4) is 0 Å². The molecule has 1 fully saturated rings. The fraction of sp³-hybridized carbons (Fsp3) is 0.471. The topological polar surface area (TPSA) is 83.3 Å². The molecule has 1 aromatic heterocycles. The van der Waals surface area contributed by atoms with Crippen LogP contribution in [-0.2, 0) is 0 Å². The quantitative estimate of drug-likeness (QED) is 0.872. The van der Waals surface area contributed by atoms with Gasteiger partial charge in [-0.2, -0.15) is 4.98 Å². The molecule has 25 heavy (non-hydrogen) atoms. The Labute approximate surface area is 151 Å². The maximum atomic E-state index is 11.9. The van der Waals surface area contributed by atoms with Crippen LogP contribution in [-0.4, -0.2) is 46.7 Å². The highest BCUT2D eigenvalue weighted by atomic mass is 35.5. The highest BCUT2D eigenvalue weighted by molar-refractivity contribution is 6.30. The summed E-state index contributed by atoms with van der Waals surface area (Å²) in [6.07, 6.45) is 0.726. The number of aromatic nitrogens is 2. The minimum Gasteiger partial charge on any atom is -0.337 e. The largest absolute Gasteiger partial charge is 0.337 e. The lowest BCUT2D eigenvalue weighted by atomic mass is 10.1. The molecular formula is C17H22ClN5O2. The fourth-order valence-corrected chi connectivity index (χ4v) is 3.09. The smallest absolute Gasteiger partial charge is 0.315 e. The Hall–Kier alpha value is -2.12. The van der Waals surface area contributed by atoms with Gasteiger partial charge in [-0.25, -0.2) is 4.79 Å². The van der Waals surface area contributed by atoms with E-state index in [1.165, 1.54) is 0 Å². The van der Waals surface area contributed by atoms with Gasteiger partial charge in [0.2, 0.25) is 11.7 Å². The van der Waals surface area contributed by atoms with Crippen molar-refractivity contribution in [3.05, 3.63) is 35.2 Å². The predicted molar refractivity (Wildman–Crippen MR) is 95.3 cm³/mol. The van der Waals surface area contributed by atoms with E-state index in [1.807, 2.05) is 33.0 Å². The van der Waals surface area contributed by atoms with Crippen molar-refractivity contribution in [2.45, 2.75) is 38.4 Å². The van der Waals surface area contributed by atoms with Gasteiger partial charge < -0.3 is 15.2 Å². The Kier molecular flexibility index (Phi) is 5.24. The number of hydrogen-bond acceptors (Lipinski definition) is 5. The van der Waals surface area contributed by atoms with Crippen molar-refractivity contribution in [2.75, 3.05) is 13.6 Å². The lowest BCUT2D eigenvalue weighted by molar-refractivity contribution is 0.234. The summed E-state index contributed by atoms with van der Waals surface area (Å²) in [6, 6.07) is 7.28. The third kappa shape index (κ3) is 4.29. The molecule has 0 unspecified atom stereocenters. The predicted octanol–water partition coefficient (Wildman–Crippen LogP) is 2.84. The van der Waals surface area contributed by atoms with Crippen LogP contribution in [0, 0.1) is 0 Å². The summed E-state index contributed by atoms with van der Waals surface area (Å²) in [5, 5.41) is 10.6. The number of rotatable bonds is 4. The summed E-state index contributed by atoms with van der Waals surface area (Å²) in [6.45, 7) is 4.59. The Morgan fingerprint density at radius 2 is 2.08 bits per heavy atom. The number of carbonyl (C=O) groups is 1. The normalized spacial score (nSPS) is 20.8. The van der Waals surface area contributed by atoms with Gasteiger partial charge in [0.1, 0.15) is 0 Å². The van der Waals surface area contributed by atoms with E-state index in [1.54, 1.807) is 12.1 Å². The Morgan fingerprint density at radius 3 is 2.76 bits per heavy atom. The molecule has 2 N–H and O–H groups in total. The van der Waals surface area contributed by atoms with Crippen LogP contribution in [0.5, 0.6) is 0 Å². The zero-order valence-electron chi connectivity index (χ0n) is 14.5. The van der Waals surface area contributed by atoms with Gasteiger partial charge in [-0.3, -0.25) is 4.90 Å². The lowest BCUT2D eigenvalue weighted by Crippen LogP contribution is -2.45. The molecule has 0 aliphatic carbocycles. The van der Waals surface area contributed by atoms with Crippen LogP contribution in [0.15, 0.2) is 28.8 Å². The number of likely N-dealkylation sites (tertiary alicyclic amines) is 1. The van der Waals surface area contributed by atoms with E-state index in [0.717, 1.165) is 18.5 Å². The van der Waals surface area contributed by atoms with Gasteiger partial charge in [0.05, 0.1) is 6.04 Å². The van der Waals surface area contributed by atoms with Gasteiger partial charge in [0, 0.05) is 29.2 Å². The van der Waals surface area contributed by atoms with Crippen molar-refractivity contribution in [1.82, 2.24) is 25.7 Å². The van der Waals surface area contributed by atoms with Crippen LogP contribution >= 0.6 is 11.6 Å². The second-order valence-electron chi connectivity index (χ2n) is 6.62. The summed E-state index contributed by atoms with van der Waals surface area (Å²) in [5.41, 5.74) is 0.853. The minimum atomic E-state index is -0.151. The van der Waals surface area contributed by atoms with Gasteiger partial charge in [-0.05, 0) is 51.6 Å². The van der Waals surface area contributed by atoms with E-state index in [9.17, 15) is 4.79 Å². The van der Waals surface area contributed by atoms with Crippen molar-refractivity contribution in [3.8, 4) is 11.4 Å². The van der Waals surface area contributed by atoms with E-state index in [0.29, 0.717) is 16.7 Å². The van der Waals surface area contributed by atoms with Crippen LogP contribution in [0.25, 0.3) is 11.4 Å². The molecule has 2 atom stereocenters. The number of amides is 2. The van der Waals surface area contributed by atoms with Gasteiger partial charge >= 0.3 is 6.03 Å².